The summed E-state index contributed by atoms with van der Waals surface area (Å²) in [5, 5.41) is 0. The van der Waals surface area contributed by atoms with Gasteiger partial charge in [0.1, 0.15) is 10.6 Å². The molecule has 7 heteroatoms. The highest BCUT2D eigenvalue weighted by Crippen LogP contribution is 2.31. The van der Waals surface area contributed by atoms with E-state index < -0.39 is 10.0 Å². The smallest absolute Gasteiger partial charge is 0.244 e. The average molecular weight is 363 g/mol. The molecule has 1 aromatic carbocycles. The molecule has 2 rings (SSSR count). The molecule has 1 aliphatic heterocycles. The summed E-state index contributed by atoms with van der Waals surface area (Å²) in [5.41, 5.74) is 5.64. The van der Waals surface area contributed by atoms with Crippen LogP contribution in [0.1, 0.15) is 12.8 Å². The molecule has 0 aliphatic carbocycles. The summed E-state index contributed by atoms with van der Waals surface area (Å²) in [6.07, 6.45) is 1.63. The Hall–Kier alpha value is -0.630. The minimum absolute atomic E-state index is 0.253. The van der Waals surface area contributed by atoms with Crippen molar-refractivity contribution in [3.63, 3.8) is 0 Å². The van der Waals surface area contributed by atoms with Crippen LogP contribution in [0.3, 0.4) is 0 Å². The molecule has 0 spiro atoms. The number of halogens is 1. The molecule has 0 amide bonds. The van der Waals surface area contributed by atoms with Gasteiger partial charge in [0.2, 0.25) is 10.0 Å². The third-order valence-corrected chi connectivity index (χ3v) is 6.56. The van der Waals surface area contributed by atoms with Gasteiger partial charge in [-0.05, 0) is 53.4 Å². The van der Waals surface area contributed by atoms with Crippen molar-refractivity contribution in [2.45, 2.75) is 17.7 Å². The lowest BCUT2D eigenvalue weighted by Gasteiger charge is -2.30. The van der Waals surface area contributed by atoms with Gasteiger partial charge in [-0.15, -0.1) is 0 Å². The maximum atomic E-state index is 12.7. The van der Waals surface area contributed by atoms with Crippen molar-refractivity contribution in [3.8, 4) is 5.75 Å². The second-order valence-corrected chi connectivity index (χ2v) is 7.64. The second-order valence-electron chi connectivity index (χ2n) is 4.88. The number of nitrogens with zero attached hydrogens (tertiary/aromatic N) is 1. The fraction of sp³-hybridized carbons (Fsp3) is 0.538. The molecular weight excluding hydrogens is 344 g/mol. The zero-order valence-corrected chi connectivity index (χ0v) is 13.8. The topological polar surface area (TPSA) is 72.6 Å². The minimum Gasteiger partial charge on any atom is -0.497 e. The Morgan fingerprint density at radius 2 is 2.05 bits per heavy atom. The highest BCUT2D eigenvalue weighted by atomic mass is 79.9. The number of benzene rings is 1. The number of rotatable bonds is 4. The van der Waals surface area contributed by atoms with E-state index in [0.29, 0.717) is 35.8 Å². The fourth-order valence-electron chi connectivity index (χ4n) is 2.33. The molecule has 1 aromatic rings. The van der Waals surface area contributed by atoms with Gasteiger partial charge in [-0.25, -0.2) is 8.42 Å². The van der Waals surface area contributed by atoms with Crippen molar-refractivity contribution < 1.29 is 13.2 Å². The standard InChI is InChI=1S/C13H19BrN2O3S/c1-19-11-2-3-12(14)13(8-11)20(17,18)16-6-4-10(9-15)5-7-16/h2-3,8,10H,4-7,9,15H2,1H3. The summed E-state index contributed by atoms with van der Waals surface area (Å²) in [5.74, 6) is 0.957. The Morgan fingerprint density at radius 1 is 1.40 bits per heavy atom. The normalized spacial score (nSPS) is 18.1. The predicted octanol–water partition coefficient (Wildman–Crippen LogP) is 1.82. The van der Waals surface area contributed by atoms with Crippen LogP contribution in [0.4, 0.5) is 0 Å². The summed E-state index contributed by atoms with van der Waals surface area (Å²) < 4.78 is 32.5. The maximum Gasteiger partial charge on any atom is 0.244 e. The number of methoxy groups -OCH3 is 1. The van der Waals surface area contributed by atoms with Gasteiger partial charge in [-0.1, -0.05) is 0 Å². The van der Waals surface area contributed by atoms with Crippen LogP contribution < -0.4 is 10.5 Å². The third kappa shape index (κ3) is 3.16. The SMILES string of the molecule is COc1ccc(Br)c(S(=O)(=O)N2CCC(CN)CC2)c1. The highest BCUT2D eigenvalue weighted by molar-refractivity contribution is 9.10. The Bertz CT molecular complexity index is 569. The molecule has 0 unspecified atom stereocenters. The van der Waals surface area contributed by atoms with Crippen molar-refractivity contribution >= 4 is 26.0 Å². The van der Waals surface area contributed by atoms with E-state index in [1.807, 2.05) is 0 Å². The Kier molecular flexibility index (Phi) is 5.06. The average Bonchev–Trinajstić information content (AvgIpc) is 2.47. The number of ether oxygens (including phenoxy) is 1. The first kappa shape index (κ1) is 15.8. The van der Waals surface area contributed by atoms with Crippen LogP contribution in [-0.2, 0) is 10.0 Å². The summed E-state index contributed by atoms with van der Waals surface area (Å²) >= 11 is 3.31. The molecule has 5 nitrogen and oxygen atoms in total. The third-order valence-electron chi connectivity index (χ3n) is 3.66. The zero-order chi connectivity index (χ0) is 14.8. The van der Waals surface area contributed by atoms with E-state index in [9.17, 15) is 8.42 Å². The number of piperidine rings is 1. The molecule has 1 aliphatic rings. The molecule has 112 valence electrons. The van der Waals surface area contributed by atoms with E-state index in [1.165, 1.54) is 11.4 Å². The van der Waals surface area contributed by atoms with Gasteiger partial charge in [-0.2, -0.15) is 4.31 Å². The monoisotopic (exact) mass is 362 g/mol. The Labute approximate surface area is 128 Å². The van der Waals surface area contributed by atoms with Crippen LogP contribution in [-0.4, -0.2) is 39.5 Å². The molecule has 0 bridgehead atoms. The van der Waals surface area contributed by atoms with E-state index >= 15 is 0 Å². The predicted molar refractivity (Wildman–Crippen MR) is 81.2 cm³/mol. The molecule has 0 radical (unpaired) electrons. The molecule has 0 aromatic heterocycles. The fourth-order valence-corrected chi connectivity index (χ4v) is 4.74. The molecule has 0 atom stereocenters. The first-order valence-electron chi connectivity index (χ1n) is 6.52. The lowest BCUT2D eigenvalue weighted by atomic mass is 9.99. The van der Waals surface area contributed by atoms with Gasteiger partial charge in [0.25, 0.3) is 0 Å². The van der Waals surface area contributed by atoms with Crippen molar-refractivity contribution in [1.29, 1.82) is 0 Å². The molecule has 1 saturated heterocycles. The highest BCUT2D eigenvalue weighted by Gasteiger charge is 2.30. The molecule has 0 saturated carbocycles. The quantitative estimate of drug-likeness (QED) is 0.886. The van der Waals surface area contributed by atoms with Crippen molar-refractivity contribution in [1.82, 2.24) is 4.31 Å². The van der Waals surface area contributed by atoms with Gasteiger partial charge in [-0.3, -0.25) is 0 Å². The molecule has 1 heterocycles. The Morgan fingerprint density at radius 3 is 2.60 bits per heavy atom. The summed E-state index contributed by atoms with van der Waals surface area (Å²) in [6.45, 7) is 1.67. The first-order valence-corrected chi connectivity index (χ1v) is 8.76. The second kappa shape index (κ2) is 6.43. The first-order chi connectivity index (χ1) is 9.48. The van der Waals surface area contributed by atoms with Crippen LogP contribution in [0, 0.1) is 5.92 Å². The summed E-state index contributed by atoms with van der Waals surface area (Å²) in [6, 6.07) is 4.97. The van der Waals surface area contributed by atoms with Gasteiger partial charge < -0.3 is 10.5 Å². The van der Waals surface area contributed by atoms with E-state index in [0.717, 1.165) is 12.8 Å². The lowest BCUT2D eigenvalue weighted by Crippen LogP contribution is -2.40. The molecular formula is C13H19BrN2O3S. The number of hydrogen-bond donors (Lipinski definition) is 1. The van der Waals surface area contributed by atoms with Gasteiger partial charge >= 0.3 is 0 Å². The summed E-state index contributed by atoms with van der Waals surface area (Å²) in [4.78, 5) is 0.253. The van der Waals surface area contributed by atoms with Crippen molar-refractivity contribution in [2.75, 3.05) is 26.7 Å². The zero-order valence-electron chi connectivity index (χ0n) is 11.4. The van der Waals surface area contributed by atoms with Crippen molar-refractivity contribution in [2.24, 2.45) is 11.7 Å². The van der Waals surface area contributed by atoms with Crippen LogP contribution in [0.2, 0.25) is 0 Å². The maximum absolute atomic E-state index is 12.7. The molecule has 1 fully saturated rings. The van der Waals surface area contributed by atoms with Crippen LogP contribution >= 0.6 is 15.9 Å². The largest absolute Gasteiger partial charge is 0.497 e. The molecule has 2 N–H and O–H groups in total. The lowest BCUT2D eigenvalue weighted by molar-refractivity contribution is 0.278. The number of hydrogen-bond acceptors (Lipinski definition) is 4. The van der Waals surface area contributed by atoms with Crippen LogP contribution in [0.5, 0.6) is 5.75 Å². The van der Waals surface area contributed by atoms with Gasteiger partial charge in [0.15, 0.2) is 0 Å². The van der Waals surface area contributed by atoms with Crippen LogP contribution in [0.15, 0.2) is 27.6 Å². The van der Waals surface area contributed by atoms with Crippen LogP contribution in [0.25, 0.3) is 0 Å². The van der Waals surface area contributed by atoms with E-state index in [1.54, 1.807) is 18.2 Å². The molecule has 20 heavy (non-hydrogen) atoms. The van der Waals surface area contributed by atoms with Gasteiger partial charge in [0.05, 0.1) is 7.11 Å². The van der Waals surface area contributed by atoms with Gasteiger partial charge in [0, 0.05) is 23.6 Å². The number of nitrogens with two attached hydrogens (primary N) is 1. The van der Waals surface area contributed by atoms with Crippen molar-refractivity contribution in [3.05, 3.63) is 22.7 Å². The Balaban J connectivity index is 2.27. The number of sulfonamides is 1. The minimum atomic E-state index is -3.49. The van der Waals surface area contributed by atoms with E-state index in [2.05, 4.69) is 15.9 Å². The summed E-state index contributed by atoms with van der Waals surface area (Å²) in [7, 11) is -1.97. The van der Waals surface area contributed by atoms with E-state index in [4.69, 9.17) is 10.5 Å². The van der Waals surface area contributed by atoms with E-state index in [-0.39, 0.29) is 4.90 Å².